The molecular weight excluding hydrogens is 228 g/mol. The van der Waals surface area contributed by atoms with E-state index in [0.717, 1.165) is 23.3 Å². The van der Waals surface area contributed by atoms with E-state index >= 15 is 0 Å². The van der Waals surface area contributed by atoms with Crippen LogP contribution in [0.3, 0.4) is 0 Å². The Morgan fingerprint density at radius 3 is 2.88 bits per heavy atom. The molecule has 1 aromatic heterocycles. The van der Waals surface area contributed by atoms with Crippen LogP contribution in [0.4, 0.5) is 0 Å². The summed E-state index contributed by atoms with van der Waals surface area (Å²) in [5.41, 5.74) is 2.47. The van der Waals surface area contributed by atoms with E-state index in [1.807, 2.05) is 0 Å². The lowest BCUT2D eigenvalue weighted by atomic mass is 10.1. The van der Waals surface area contributed by atoms with Gasteiger partial charge < -0.3 is 0 Å². The Morgan fingerprint density at radius 1 is 1.35 bits per heavy atom. The third-order valence-electron chi connectivity index (χ3n) is 3.43. The Hall–Kier alpha value is -0.890. The van der Waals surface area contributed by atoms with E-state index in [1.165, 1.54) is 36.1 Å². The topological polar surface area (TPSA) is 17.1 Å². The first kappa shape index (κ1) is 12.6. The fourth-order valence-corrected chi connectivity index (χ4v) is 3.44. The zero-order chi connectivity index (χ0) is 12.3. The van der Waals surface area contributed by atoms with Crippen LogP contribution in [0.1, 0.15) is 59.1 Å². The monoisotopic (exact) mass is 248 g/mol. The quantitative estimate of drug-likeness (QED) is 0.434. The van der Waals surface area contributed by atoms with Crippen LogP contribution in [0.2, 0.25) is 0 Å². The van der Waals surface area contributed by atoms with E-state index < -0.39 is 0 Å². The molecule has 0 amide bonds. The molecule has 0 bridgehead atoms. The Bertz CT molecular complexity index is 405. The summed E-state index contributed by atoms with van der Waals surface area (Å²) < 4.78 is 0. The van der Waals surface area contributed by atoms with E-state index in [-0.39, 0.29) is 5.78 Å². The van der Waals surface area contributed by atoms with Crippen LogP contribution < -0.4 is 0 Å². The van der Waals surface area contributed by atoms with Gasteiger partial charge in [0.05, 0.1) is 4.88 Å². The number of hydrogen-bond acceptors (Lipinski definition) is 2. The molecule has 0 saturated heterocycles. The minimum atomic E-state index is 0.259. The fourth-order valence-electron chi connectivity index (χ4n) is 2.24. The zero-order valence-electron chi connectivity index (χ0n) is 10.6. The summed E-state index contributed by atoms with van der Waals surface area (Å²) in [7, 11) is 0. The maximum atomic E-state index is 12.1. The SMILES string of the molecule is C=C(CC)CC(=O)c1cc2c(s1)CCCCC2. The molecule has 2 rings (SSSR count). The van der Waals surface area contributed by atoms with Gasteiger partial charge in [-0.1, -0.05) is 25.5 Å². The molecule has 0 aromatic carbocycles. The summed E-state index contributed by atoms with van der Waals surface area (Å²) in [6, 6.07) is 2.14. The lowest BCUT2D eigenvalue weighted by Gasteiger charge is -1.99. The highest BCUT2D eigenvalue weighted by Crippen LogP contribution is 2.30. The van der Waals surface area contributed by atoms with Crippen molar-refractivity contribution in [3.63, 3.8) is 0 Å². The molecule has 17 heavy (non-hydrogen) atoms. The molecule has 1 aromatic rings. The minimum Gasteiger partial charge on any atom is -0.293 e. The molecule has 0 spiro atoms. The number of aryl methyl sites for hydroxylation is 2. The molecule has 0 radical (unpaired) electrons. The molecule has 2 heteroatoms. The molecule has 1 aliphatic rings. The average molecular weight is 248 g/mol. The molecule has 1 nitrogen and oxygen atoms in total. The fraction of sp³-hybridized carbons (Fsp3) is 0.533. The van der Waals surface area contributed by atoms with Crippen molar-refractivity contribution < 1.29 is 4.79 Å². The van der Waals surface area contributed by atoms with E-state index in [0.29, 0.717) is 6.42 Å². The molecule has 0 N–H and O–H groups in total. The highest BCUT2D eigenvalue weighted by molar-refractivity contribution is 7.14. The maximum absolute atomic E-state index is 12.1. The number of fused-ring (bicyclic) bond motifs is 1. The van der Waals surface area contributed by atoms with Crippen molar-refractivity contribution in [2.45, 2.75) is 51.9 Å². The predicted octanol–water partition coefficient (Wildman–Crippen LogP) is 4.56. The summed E-state index contributed by atoms with van der Waals surface area (Å²) in [6.07, 6.45) is 7.64. The number of allylic oxidation sites excluding steroid dienone is 1. The number of carbonyl (C=O) groups is 1. The lowest BCUT2D eigenvalue weighted by molar-refractivity contribution is 0.0996. The molecular formula is C15H20OS. The van der Waals surface area contributed by atoms with Gasteiger partial charge in [0.25, 0.3) is 0 Å². The number of ketones is 1. The Labute approximate surface area is 108 Å². The van der Waals surface area contributed by atoms with Crippen LogP contribution in [-0.2, 0) is 12.8 Å². The van der Waals surface area contributed by atoms with E-state index in [9.17, 15) is 4.79 Å². The van der Waals surface area contributed by atoms with Gasteiger partial charge in [-0.15, -0.1) is 11.3 Å². The third kappa shape index (κ3) is 3.06. The molecule has 0 fully saturated rings. The molecule has 1 aliphatic carbocycles. The van der Waals surface area contributed by atoms with Crippen molar-refractivity contribution in [3.8, 4) is 0 Å². The second-order valence-electron chi connectivity index (χ2n) is 4.82. The second kappa shape index (κ2) is 5.63. The van der Waals surface area contributed by atoms with Gasteiger partial charge in [0.1, 0.15) is 0 Å². The van der Waals surface area contributed by atoms with Gasteiger partial charge in [-0.25, -0.2) is 0 Å². The van der Waals surface area contributed by atoms with Crippen LogP contribution >= 0.6 is 11.3 Å². The standard InChI is InChI=1S/C15H20OS/c1-3-11(2)9-13(16)15-10-12-7-5-4-6-8-14(12)17-15/h10H,2-9H2,1H3. The van der Waals surface area contributed by atoms with Crippen molar-refractivity contribution in [3.05, 3.63) is 33.5 Å². The summed E-state index contributed by atoms with van der Waals surface area (Å²) >= 11 is 1.72. The summed E-state index contributed by atoms with van der Waals surface area (Å²) in [4.78, 5) is 14.5. The second-order valence-corrected chi connectivity index (χ2v) is 5.96. The highest BCUT2D eigenvalue weighted by Gasteiger charge is 2.16. The first-order valence-corrected chi connectivity index (χ1v) is 7.33. The van der Waals surface area contributed by atoms with Crippen molar-refractivity contribution >= 4 is 17.1 Å². The largest absolute Gasteiger partial charge is 0.293 e. The number of thiophene rings is 1. The smallest absolute Gasteiger partial charge is 0.176 e. The summed E-state index contributed by atoms with van der Waals surface area (Å²) in [5.74, 6) is 0.259. The van der Waals surface area contributed by atoms with E-state index in [4.69, 9.17) is 0 Å². The minimum absolute atomic E-state index is 0.259. The van der Waals surface area contributed by atoms with Crippen LogP contribution in [0.15, 0.2) is 18.2 Å². The Balaban J connectivity index is 2.12. The van der Waals surface area contributed by atoms with Gasteiger partial charge in [0.2, 0.25) is 0 Å². The Morgan fingerprint density at radius 2 is 2.12 bits per heavy atom. The molecule has 0 aliphatic heterocycles. The number of rotatable bonds is 4. The average Bonchev–Trinajstić information content (AvgIpc) is 2.61. The van der Waals surface area contributed by atoms with Gasteiger partial charge in [-0.3, -0.25) is 4.79 Å². The van der Waals surface area contributed by atoms with Crippen molar-refractivity contribution in [2.24, 2.45) is 0 Å². The van der Waals surface area contributed by atoms with Crippen LogP contribution in [0.5, 0.6) is 0 Å². The first-order chi connectivity index (χ1) is 8.20. The van der Waals surface area contributed by atoms with Crippen molar-refractivity contribution in [2.75, 3.05) is 0 Å². The van der Waals surface area contributed by atoms with E-state index in [2.05, 4.69) is 19.6 Å². The van der Waals surface area contributed by atoms with Gasteiger partial charge in [-0.05, 0) is 43.7 Å². The number of Topliss-reactive ketones (excluding diaryl/α,β-unsaturated/α-hetero) is 1. The van der Waals surface area contributed by atoms with E-state index in [1.54, 1.807) is 11.3 Å². The first-order valence-electron chi connectivity index (χ1n) is 6.52. The van der Waals surface area contributed by atoms with Crippen LogP contribution in [0, 0.1) is 0 Å². The van der Waals surface area contributed by atoms with Crippen molar-refractivity contribution in [1.82, 2.24) is 0 Å². The Kier molecular flexibility index (Phi) is 4.16. The molecule has 0 atom stereocenters. The molecule has 1 heterocycles. The van der Waals surface area contributed by atoms with Gasteiger partial charge in [0, 0.05) is 11.3 Å². The lowest BCUT2D eigenvalue weighted by Crippen LogP contribution is -1.97. The van der Waals surface area contributed by atoms with Gasteiger partial charge >= 0.3 is 0 Å². The van der Waals surface area contributed by atoms with Gasteiger partial charge in [0.15, 0.2) is 5.78 Å². The zero-order valence-corrected chi connectivity index (χ0v) is 11.4. The van der Waals surface area contributed by atoms with Crippen LogP contribution in [-0.4, -0.2) is 5.78 Å². The number of hydrogen-bond donors (Lipinski definition) is 0. The van der Waals surface area contributed by atoms with Gasteiger partial charge in [-0.2, -0.15) is 0 Å². The van der Waals surface area contributed by atoms with Crippen molar-refractivity contribution in [1.29, 1.82) is 0 Å². The summed E-state index contributed by atoms with van der Waals surface area (Å²) in [6.45, 7) is 5.97. The maximum Gasteiger partial charge on any atom is 0.176 e. The predicted molar refractivity (Wildman–Crippen MR) is 74.0 cm³/mol. The normalized spacial score (nSPS) is 15.1. The highest BCUT2D eigenvalue weighted by atomic mass is 32.1. The van der Waals surface area contributed by atoms with Crippen LogP contribution in [0.25, 0.3) is 0 Å². The third-order valence-corrected chi connectivity index (χ3v) is 4.71. The molecule has 0 unspecified atom stereocenters. The summed E-state index contributed by atoms with van der Waals surface area (Å²) in [5, 5.41) is 0. The number of carbonyl (C=O) groups excluding carboxylic acids is 1. The molecule has 0 saturated carbocycles. The molecule has 92 valence electrons.